The molecule has 2 rings (SSSR count). The second-order valence-electron chi connectivity index (χ2n) is 3.39. The molecule has 0 saturated heterocycles. The van der Waals surface area contributed by atoms with E-state index in [1.54, 1.807) is 25.1 Å². The molecule has 0 saturated carbocycles. The van der Waals surface area contributed by atoms with Crippen molar-refractivity contribution in [2.75, 3.05) is 5.32 Å². The second kappa shape index (κ2) is 4.77. The van der Waals surface area contributed by atoms with E-state index in [-0.39, 0.29) is 5.89 Å². The minimum atomic E-state index is -0.448. The quantitative estimate of drug-likeness (QED) is 0.908. The van der Waals surface area contributed by atoms with Crippen molar-refractivity contribution >= 4 is 34.8 Å². The number of hydrogen-bond donors (Lipinski definition) is 1. The van der Waals surface area contributed by atoms with Crippen molar-refractivity contribution in [2.24, 2.45) is 0 Å². The van der Waals surface area contributed by atoms with Gasteiger partial charge in [-0.3, -0.25) is 4.79 Å². The number of halogens is 2. The highest BCUT2D eigenvalue weighted by molar-refractivity contribution is 6.35. The summed E-state index contributed by atoms with van der Waals surface area (Å²) in [6, 6.07) is 4.75. The number of rotatable bonds is 2. The highest BCUT2D eigenvalue weighted by Crippen LogP contribution is 2.22. The van der Waals surface area contributed by atoms with Crippen molar-refractivity contribution in [3.05, 3.63) is 46.1 Å². The van der Waals surface area contributed by atoms with E-state index in [2.05, 4.69) is 10.3 Å². The Balaban J connectivity index is 2.18. The fourth-order valence-electron chi connectivity index (χ4n) is 1.27. The number of anilines is 1. The van der Waals surface area contributed by atoms with Crippen molar-refractivity contribution < 1.29 is 9.21 Å². The number of benzene rings is 1. The average molecular weight is 271 g/mol. The molecule has 6 heteroatoms. The first-order valence-electron chi connectivity index (χ1n) is 4.74. The molecule has 4 nitrogen and oxygen atoms in total. The smallest absolute Gasteiger partial charge is 0.311 e. The van der Waals surface area contributed by atoms with Gasteiger partial charge in [-0.1, -0.05) is 23.2 Å². The fraction of sp³-hybridized carbons (Fsp3) is 0.0909. The molecule has 0 spiro atoms. The summed E-state index contributed by atoms with van der Waals surface area (Å²) < 4.78 is 5.09. The first-order chi connectivity index (χ1) is 8.04. The maximum Gasteiger partial charge on any atom is 0.311 e. The lowest BCUT2D eigenvalue weighted by Gasteiger charge is -2.03. The van der Waals surface area contributed by atoms with Crippen LogP contribution in [0.1, 0.15) is 16.4 Å². The van der Waals surface area contributed by atoms with Crippen LogP contribution in [0.3, 0.4) is 0 Å². The van der Waals surface area contributed by atoms with Crippen LogP contribution in [0.15, 0.2) is 28.8 Å². The van der Waals surface area contributed by atoms with E-state index >= 15 is 0 Å². The maximum absolute atomic E-state index is 11.7. The van der Waals surface area contributed by atoms with Crippen molar-refractivity contribution in [1.29, 1.82) is 0 Å². The molecule has 0 aliphatic heterocycles. The largest absolute Gasteiger partial charge is 0.438 e. The summed E-state index contributed by atoms with van der Waals surface area (Å²) in [7, 11) is 0. The SMILES string of the molecule is Cc1cnc(C(=O)Nc2cc(Cl)cc(Cl)c2)o1. The lowest BCUT2D eigenvalue weighted by Crippen LogP contribution is -2.12. The molecule has 1 aromatic carbocycles. The van der Waals surface area contributed by atoms with Crippen LogP contribution in [0.25, 0.3) is 0 Å². The van der Waals surface area contributed by atoms with Crippen LogP contribution in [0.2, 0.25) is 10.0 Å². The number of hydrogen-bond acceptors (Lipinski definition) is 3. The van der Waals surface area contributed by atoms with E-state index in [0.29, 0.717) is 21.5 Å². The molecule has 0 unspecified atom stereocenters. The normalized spacial score (nSPS) is 10.3. The van der Waals surface area contributed by atoms with Gasteiger partial charge in [-0.15, -0.1) is 0 Å². The Kier molecular flexibility index (Phi) is 3.36. The molecule has 0 bridgehead atoms. The van der Waals surface area contributed by atoms with Crippen LogP contribution < -0.4 is 5.32 Å². The molecule has 0 atom stereocenters. The van der Waals surface area contributed by atoms with E-state index in [1.165, 1.54) is 6.20 Å². The summed E-state index contributed by atoms with van der Waals surface area (Å²) >= 11 is 11.6. The zero-order valence-electron chi connectivity index (χ0n) is 8.83. The lowest BCUT2D eigenvalue weighted by atomic mass is 10.3. The molecule has 17 heavy (non-hydrogen) atoms. The van der Waals surface area contributed by atoms with Crippen LogP contribution in [0, 0.1) is 6.92 Å². The summed E-state index contributed by atoms with van der Waals surface area (Å²) in [6.45, 7) is 1.71. The first-order valence-corrected chi connectivity index (χ1v) is 5.50. The third-order valence-corrected chi connectivity index (χ3v) is 2.37. The monoisotopic (exact) mass is 270 g/mol. The zero-order chi connectivity index (χ0) is 12.4. The van der Waals surface area contributed by atoms with Gasteiger partial charge >= 0.3 is 5.91 Å². The number of aryl methyl sites for hydroxylation is 1. The van der Waals surface area contributed by atoms with Crippen molar-refractivity contribution in [3.63, 3.8) is 0 Å². The number of nitrogens with zero attached hydrogens (tertiary/aromatic N) is 1. The third-order valence-electron chi connectivity index (χ3n) is 1.94. The lowest BCUT2D eigenvalue weighted by molar-refractivity contribution is 0.0989. The topological polar surface area (TPSA) is 55.1 Å². The molecule has 1 aromatic heterocycles. The predicted molar refractivity (Wildman–Crippen MR) is 65.7 cm³/mol. The van der Waals surface area contributed by atoms with E-state index < -0.39 is 5.91 Å². The van der Waals surface area contributed by atoms with Crippen LogP contribution in [-0.2, 0) is 0 Å². The molecule has 88 valence electrons. The van der Waals surface area contributed by atoms with E-state index in [0.717, 1.165) is 0 Å². The maximum atomic E-state index is 11.7. The van der Waals surface area contributed by atoms with E-state index in [1.807, 2.05) is 0 Å². The molecule has 0 radical (unpaired) electrons. The Labute approximate surface area is 108 Å². The highest BCUT2D eigenvalue weighted by atomic mass is 35.5. The van der Waals surface area contributed by atoms with Crippen LogP contribution in [0.5, 0.6) is 0 Å². The minimum Gasteiger partial charge on any atom is -0.438 e. The van der Waals surface area contributed by atoms with Gasteiger partial charge in [-0.05, 0) is 25.1 Å². The number of carbonyl (C=O) groups excluding carboxylic acids is 1. The molecule has 0 fully saturated rings. The molecule has 0 aliphatic rings. The summed E-state index contributed by atoms with van der Waals surface area (Å²) in [6.07, 6.45) is 1.47. The Hall–Kier alpha value is -1.52. The zero-order valence-corrected chi connectivity index (χ0v) is 10.3. The van der Waals surface area contributed by atoms with E-state index in [9.17, 15) is 4.79 Å². The van der Waals surface area contributed by atoms with Gasteiger partial charge in [0.25, 0.3) is 5.89 Å². The molecular weight excluding hydrogens is 263 g/mol. The molecular formula is C11H8Cl2N2O2. The van der Waals surface area contributed by atoms with Gasteiger partial charge in [0.2, 0.25) is 0 Å². The molecule has 1 amide bonds. The number of oxazole rings is 1. The van der Waals surface area contributed by atoms with Crippen molar-refractivity contribution in [1.82, 2.24) is 4.98 Å². The van der Waals surface area contributed by atoms with E-state index in [4.69, 9.17) is 27.6 Å². The summed E-state index contributed by atoms with van der Waals surface area (Å²) in [5.41, 5.74) is 0.489. The van der Waals surface area contributed by atoms with Crippen molar-refractivity contribution in [3.8, 4) is 0 Å². The number of nitrogens with one attached hydrogen (secondary N) is 1. The molecule has 0 aliphatic carbocycles. The number of aromatic nitrogens is 1. The van der Waals surface area contributed by atoms with Gasteiger partial charge in [0.15, 0.2) is 0 Å². The number of carbonyl (C=O) groups is 1. The highest BCUT2D eigenvalue weighted by Gasteiger charge is 2.12. The Morgan fingerprint density at radius 2 is 1.94 bits per heavy atom. The molecule has 2 aromatic rings. The predicted octanol–water partition coefficient (Wildman–Crippen LogP) is 3.54. The minimum absolute atomic E-state index is 0.00130. The second-order valence-corrected chi connectivity index (χ2v) is 4.26. The Morgan fingerprint density at radius 3 is 2.47 bits per heavy atom. The van der Waals surface area contributed by atoms with Gasteiger partial charge in [0, 0.05) is 15.7 Å². The van der Waals surface area contributed by atoms with Crippen LogP contribution >= 0.6 is 23.2 Å². The fourth-order valence-corrected chi connectivity index (χ4v) is 1.80. The van der Waals surface area contributed by atoms with Gasteiger partial charge in [0.1, 0.15) is 5.76 Å². The Morgan fingerprint density at radius 1 is 1.29 bits per heavy atom. The van der Waals surface area contributed by atoms with Crippen LogP contribution in [-0.4, -0.2) is 10.9 Å². The standard InChI is InChI=1S/C11H8Cl2N2O2/c1-6-5-14-11(17-6)10(16)15-9-3-7(12)2-8(13)4-9/h2-5H,1H3,(H,15,16). The van der Waals surface area contributed by atoms with Gasteiger partial charge in [0.05, 0.1) is 6.20 Å². The summed E-state index contributed by atoms with van der Waals surface area (Å²) in [5.74, 6) is 0.120. The average Bonchev–Trinajstić information content (AvgIpc) is 2.63. The Bertz CT molecular complexity index is 546. The summed E-state index contributed by atoms with van der Waals surface area (Å²) in [5, 5.41) is 3.47. The van der Waals surface area contributed by atoms with Gasteiger partial charge in [-0.25, -0.2) is 4.98 Å². The molecule has 1 N–H and O–H groups in total. The summed E-state index contributed by atoms with van der Waals surface area (Å²) in [4.78, 5) is 15.5. The van der Waals surface area contributed by atoms with Gasteiger partial charge in [-0.2, -0.15) is 0 Å². The van der Waals surface area contributed by atoms with Gasteiger partial charge < -0.3 is 9.73 Å². The molecule has 1 heterocycles. The van der Waals surface area contributed by atoms with Crippen molar-refractivity contribution in [2.45, 2.75) is 6.92 Å². The number of amides is 1. The first kappa shape index (κ1) is 12.0. The third kappa shape index (κ3) is 2.99. The van der Waals surface area contributed by atoms with Crippen LogP contribution in [0.4, 0.5) is 5.69 Å².